The molecule has 0 rings (SSSR count). The van der Waals surface area contributed by atoms with Crippen molar-refractivity contribution < 1.29 is 9.53 Å². The highest BCUT2D eigenvalue weighted by Gasteiger charge is 1.93. The lowest BCUT2D eigenvalue weighted by atomic mass is 10.7. The largest absolute Gasteiger partial charge is 0.449 e. The van der Waals surface area contributed by atoms with Gasteiger partial charge in [-0.1, -0.05) is 5.11 Å². The highest BCUT2D eigenvalue weighted by molar-refractivity contribution is 5.66. The second kappa shape index (κ2) is 5.71. The van der Waals surface area contributed by atoms with E-state index in [2.05, 4.69) is 20.1 Å². The Morgan fingerprint density at radius 2 is 2.60 bits per heavy atom. The number of ether oxygens (including phenoxy) is 1. The molecule has 0 saturated carbocycles. The Bertz CT molecular complexity index is 151. The highest BCUT2D eigenvalue weighted by atomic mass is 16.5. The lowest BCUT2D eigenvalue weighted by molar-refractivity contribution is 0.152. The van der Waals surface area contributed by atoms with Crippen LogP contribution in [0.5, 0.6) is 0 Å². The van der Waals surface area contributed by atoms with E-state index < -0.39 is 6.09 Å². The zero-order chi connectivity index (χ0) is 7.82. The van der Waals surface area contributed by atoms with E-state index in [1.165, 1.54) is 7.05 Å². The molecule has 0 heterocycles. The first-order valence-electron chi connectivity index (χ1n) is 2.66. The number of alkyl carbamates (subject to hydrolysis) is 1. The summed E-state index contributed by atoms with van der Waals surface area (Å²) < 4.78 is 4.48. The second-order valence-corrected chi connectivity index (χ2v) is 1.34. The molecule has 0 aliphatic rings. The van der Waals surface area contributed by atoms with Crippen LogP contribution in [0.25, 0.3) is 10.4 Å². The Balaban J connectivity index is 3.19. The third-order valence-corrected chi connectivity index (χ3v) is 0.692. The summed E-state index contributed by atoms with van der Waals surface area (Å²) >= 11 is 0. The van der Waals surface area contributed by atoms with E-state index in [4.69, 9.17) is 5.53 Å². The molecule has 0 saturated heterocycles. The maximum atomic E-state index is 10.3. The Kier molecular flexibility index (Phi) is 4.90. The van der Waals surface area contributed by atoms with Crippen LogP contribution in [0.15, 0.2) is 5.11 Å². The fourth-order valence-corrected chi connectivity index (χ4v) is 0.296. The summed E-state index contributed by atoms with van der Waals surface area (Å²) in [6.45, 7) is 0.285. The van der Waals surface area contributed by atoms with Crippen molar-refractivity contribution in [3.63, 3.8) is 0 Å². The Morgan fingerprint density at radius 3 is 3.10 bits per heavy atom. The number of carbonyl (C=O) groups is 1. The van der Waals surface area contributed by atoms with Crippen LogP contribution in [-0.4, -0.2) is 26.3 Å². The summed E-state index contributed by atoms with van der Waals surface area (Å²) in [6.07, 6.45) is -0.520. The quantitative estimate of drug-likeness (QED) is 0.273. The molecular weight excluding hydrogens is 136 g/mol. The van der Waals surface area contributed by atoms with Crippen molar-refractivity contribution in [1.82, 2.24) is 5.32 Å². The lowest BCUT2D eigenvalue weighted by Crippen LogP contribution is -2.20. The Hall–Kier alpha value is -1.42. The summed E-state index contributed by atoms with van der Waals surface area (Å²) in [5, 5.41) is 5.40. The van der Waals surface area contributed by atoms with Crippen LogP contribution in [0.1, 0.15) is 0 Å². The van der Waals surface area contributed by atoms with Crippen LogP contribution >= 0.6 is 0 Å². The van der Waals surface area contributed by atoms with E-state index in [1.807, 2.05) is 0 Å². The van der Waals surface area contributed by atoms with Gasteiger partial charge >= 0.3 is 6.09 Å². The monoisotopic (exact) mass is 144 g/mol. The molecular formula is C4H8N4O2. The number of carbonyl (C=O) groups excluding carboxylic acids is 1. The fourth-order valence-electron chi connectivity index (χ4n) is 0.296. The summed E-state index contributed by atoms with van der Waals surface area (Å²) in [4.78, 5) is 12.8. The Labute approximate surface area is 57.8 Å². The number of nitrogens with zero attached hydrogens (tertiary/aromatic N) is 3. The number of nitrogens with one attached hydrogen (secondary N) is 1. The van der Waals surface area contributed by atoms with Gasteiger partial charge in [0, 0.05) is 12.0 Å². The van der Waals surface area contributed by atoms with Crippen molar-refractivity contribution in [2.24, 2.45) is 5.11 Å². The van der Waals surface area contributed by atoms with Gasteiger partial charge in [-0.3, -0.25) is 0 Å². The van der Waals surface area contributed by atoms with Crippen LogP contribution in [0.3, 0.4) is 0 Å². The molecule has 6 nitrogen and oxygen atoms in total. The van der Waals surface area contributed by atoms with Crippen molar-refractivity contribution in [2.45, 2.75) is 0 Å². The number of hydrogen-bond donors (Lipinski definition) is 1. The minimum Gasteiger partial charge on any atom is -0.449 e. The van der Waals surface area contributed by atoms with Crippen LogP contribution in [0, 0.1) is 0 Å². The van der Waals surface area contributed by atoms with Gasteiger partial charge in [0.1, 0.15) is 0 Å². The molecule has 1 N–H and O–H groups in total. The van der Waals surface area contributed by atoms with Crippen LogP contribution < -0.4 is 5.32 Å². The van der Waals surface area contributed by atoms with Crippen molar-refractivity contribution in [1.29, 1.82) is 0 Å². The van der Waals surface area contributed by atoms with E-state index in [0.717, 1.165) is 0 Å². The molecule has 0 bridgehead atoms. The molecule has 0 aliphatic heterocycles. The molecule has 0 atom stereocenters. The summed E-state index contributed by atoms with van der Waals surface area (Å²) in [6, 6.07) is 0. The van der Waals surface area contributed by atoms with E-state index in [0.29, 0.717) is 0 Å². The Morgan fingerprint density at radius 1 is 1.90 bits per heavy atom. The van der Waals surface area contributed by atoms with E-state index in [1.54, 1.807) is 0 Å². The molecule has 1 amide bonds. The first-order valence-corrected chi connectivity index (χ1v) is 2.66. The summed E-state index contributed by atoms with van der Waals surface area (Å²) in [5.74, 6) is 0. The van der Waals surface area contributed by atoms with Gasteiger partial charge in [-0.05, 0) is 5.53 Å². The average molecular weight is 144 g/mol. The van der Waals surface area contributed by atoms with Crippen molar-refractivity contribution in [3.05, 3.63) is 10.4 Å². The molecule has 0 unspecified atom stereocenters. The van der Waals surface area contributed by atoms with Crippen molar-refractivity contribution >= 4 is 6.09 Å². The number of rotatable bonds is 3. The predicted molar refractivity (Wildman–Crippen MR) is 34.4 cm³/mol. The molecule has 56 valence electrons. The van der Waals surface area contributed by atoms with Crippen LogP contribution in [0.2, 0.25) is 0 Å². The summed E-state index contributed by atoms with van der Waals surface area (Å²) in [5.41, 5.74) is 7.79. The second-order valence-electron chi connectivity index (χ2n) is 1.34. The van der Waals surface area contributed by atoms with Gasteiger partial charge in [0.2, 0.25) is 0 Å². The molecule has 0 aromatic carbocycles. The van der Waals surface area contributed by atoms with E-state index in [-0.39, 0.29) is 13.2 Å². The SMILES string of the molecule is CNC(=O)OCCN=[N+]=[N-]. The standard InChI is InChI=1S/C4H8N4O2/c1-6-4(9)10-3-2-7-8-5/h2-3H2,1H3,(H,6,9). The lowest BCUT2D eigenvalue weighted by Gasteiger charge is -1.98. The normalized spacial score (nSPS) is 7.70. The number of azide groups is 1. The predicted octanol–water partition coefficient (Wildman–Crippen LogP) is 0.653. The van der Waals surface area contributed by atoms with E-state index >= 15 is 0 Å². The van der Waals surface area contributed by atoms with Gasteiger partial charge < -0.3 is 10.1 Å². The van der Waals surface area contributed by atoms with Crippen LogP contribution in [-0.2, 0) is 4.74 Å². The zero-order valence-corrected chi connectivity index (χ0v) is 5.57. The number of hydrogen-bond acceptors (Lipinski definition) is 3. The van der Waals surface area contributed by atoms with Gasteiger partial charge in [-0.15, -0.1) is 0 Å². The fraction of sp³-hybridized carbons (Fsp3) is 0.750. The molecule has 10 heavy (non-hydrogen) atoms. The molecule has 0 aromatic rings. The maximum Gasteiger partial charge on any atom is 0.406 e. The van der Waals surface area contributed by atoms with Gasteiger partial charge in [0.15, 0.2) is 0 Å². The van der Waals surface area contributed by atoms with Crippen molar-refractivity contribution in [2.75, 3.05) is 20.2 Å². The van der Waals surface area contributed by atoms with Gasteiger partial charge in [0.25, 0.3) is 0 Å². The minimum absolute atomic E-state index is 0.115. The third kappa shape index (κ3) is 4.73. The topological polar surface area (TPSA) is 87.1 Å². The molecule has 0 spiro atoms. The maximum absolute atomic E-state index is 10.3. The average Bonchev–Trinajstić information content (AvgIpc) is 1.98. The molecule has 0 aliphatic carbocycles. The smallest absolute Gasteiger partial charge is 0.406 e. The first kappa shape index (κ1) is 8.58. The van der Waals surface area contributed by atoms with Gasteiger partial charge in [0.05, 0.1) is 13.2 Å². The van der Waals surface area contributed by atoms with Gasteiger partial charge in [-0.2, -0.15) is 0 Å². The zero-order valence-electron chi connectivity index (χ0n) is 5.57. The minimum atomic E-state index is -0.520. The van der Waals surface area contributed by atoms with E-state index in [9.17, 15) is 4.79 Å². The number of amides is 1. The third-order valence-electron chi connectivity index (χ3n) is 0.692. The molecule has 0 radical (unpaired) electrons. The first-order chi connectivity index (χ1) is 4.81. The molecule has 6 heteroatoms. The molecule has 0 fully saturated rings. The van der Waals surface area contributed by atoms with Gasteiger partial charge in [-0.25, -0.2) is 4.79 Å². The van der Waals surface area contributed by atoms with Crippen LogP contribution in [0.4, 0.5) is 4.79 Å². The molecule has 0 aromatic heterocycles. The highest BCUT2D eigenvalue weighted by Crippen LogP contribution is 1.77. The summed E-state index contributed by atoms with van der Waals surface area (Å²) in [7, 11) is 1.45. The van der Waals surface area contributed by atoms with Crippen molar-refractivity contribution in [3.8, 4) is 0 Å².